The van der Waals surface area contributed by atoms with Crippen molar-refractivity contribution < 1.29 is 9.90 Å². The maximum atomic E-state index is 12.5. The molecule has 0 spiro atoms. The number of hydrogen-bond acceptors (Lipinski definition) is 5. The van der Waals surface area contributed by atoms with Crippen LogP contribution in [0.2, 0.25) is 0 Å². The molecule has 0 aliphatic carbocycles. The van der Waals surface area contributed by atoms with Crippen LogP contribution in [0.15, 0.2) is 29.1 Å². The number of benzene rings is 1. The van der Waals surface area contributed by atoms with Crippen molar-refractivity contribution in [2.75, 3.05) is 6.54 Å². The van der Waals surface area contributed by atoms with Crippen molar-refractivity contribution in [2.24, 2.45) is 0 Å². The Balaban J connectivity index is 2.73. The highest BCUT2D eigenvalue weighted by Gasteiger charge is 2.14. The van der Waals surface area contributed by atoms with Crippen LogP contribution in [0.3, 0.4) is 0 Å². The van der Waals surface area contributed by atoms with E-state index in [2.05, 4.69) is 5.32 Å². The van der Waals surface area contributed by atoms with Gasteiger partial charge in [-0.1, -0.05) is 12.1 Å². The summed E-state index contributed by atoms with van der Waals surface area (Å²) in [5.41, 5.74) is 0.436. The lowest BCUT2D eigenvalue weighted by atomic mass is 10.2. The highest BCUT2D eigenvalue weighted by atomic mass is 32.1. The van der Waals surface area contributed by atoms with Gasteiger partial charge in [0.25, 0.3) is 11.5 Å². The molecule has 0 saturated carbocycles. The van der Waals surface area contributed by atoms with Crippen molar-refractivity contribution in [1.82, 2.24) is 9.88 Å². The number of carbonyl (C=O) groups is 1. The van der Waals surface area contributed by atoms with Gasteiger partial charge in [-0.3, -0.25) is 14.2 Å². The third kappa shape index (κ3) is 3.55. The van der Waals surface area contributed by atoms with E-state index < -0.39 is 5.91 Å². The summed E-state index contributed by atoms with van der Waals surface area (Å²) in [5, 5.41) is 21.2. The van der Waals surface area contributed by atoms with E-state index in [-0.39, 0.29) is 16.9 Å². The van der Waals surface area contributed by atoms with Gasteiger partial charge in [-0.2, -0.15) is 5.26 Å². The van der Waals surface area contributed by atoms with Crippen LogP contribution in [0.5, 0.6) is 5.75 Å². The number of aromatic nitrogens is 1. The molecule has 0 aliphatic heterocycles. The van der Waals surface area contributed by atoms with Crippen LogP contribution in [0.4, 0.5) is 0 Å². The Morgan fingerprint density at radius 2 is 2.04 bits per heavy atom. The number of nitrogens with zero attached hydrogens (tertiary/aromatic N) is 2. The van der Waals surface area contributed by atoms with Crippen molar-refractivity contribution in [3.8, 4) is 11.8 Å². The van der Waals surface area contributed by atoms with E-state index >= 15 is 0 Å². The maximum Gasteiger partial charge on any atom is 0.269 e. The Hall–Kier alpha value is -2.85. The minimum atomic E-state index is -0.486. The molecule has 6 nitrogen and oxygen atoms in total. The number of rotatable bonds is 4. The molecule has 0 fully saturated rings. The molecule has 0 saturated heterocycles. The van der Waals surface area contributed by atoms with Crippen molar-refractivity contribution in [2.45, 2.75) is 20.4 Å². The second kappa shape index (κ2) is 7.62. The number of aromatic hydroxyl groups is 1. The van der Waals surface area contributed by atoms with Crippen LogP contribution < -0.4 is 20.1 Å². The molecular weight excluding hydrogens is 326 g/mol. The molecule has 0 atom stereocenters. The van der Waals surface area contributed by atoms with Crippen molar-refractivity contribution >= 4 is 28.9 Å². The summed E-state index contributed by atoms with van der Waals surface area (Å²) in [5.74, 6) is -0.346. The molecule has 24 heavy (non-hydrogen) atoms. The zero-order valence-corrected chi connectivity index (χ0v) is 14.2. The van der Waals surface area contributed by atoms with E-state index in [1.165, 1.54) is 16.7 Å². The molecule has 1 aromatic carbocycles. The Labute approximate surface area is 142 Å². The maximum absolute atomic E-state index is 12.5. The monoisotopic (exact) mass is 343 g/mol. The lowest BCUT2D eigenvalue weighted by Gasteiger charge is -2.00. The minimum Gasteiger partial charge on any atom is -0.508 e. The van der Waals surface area contributed by atoms with Crippen LogP contribution in [0, 0.1) is 11.3 Å². The van der Waals surface area contributed by atoms with Crippen LogP contribution in [0.1, 0.15) is 19.4 Å². The summed E-state index contributed by atoms with van der Waals surface area (Å²) in [6.07, 6.45) is 1.68. The first-order valence-corrected chi connectivity index (χ1v) is 8.26. The summed E-state index contributed by atoms with van der Waals surface area (Å²) in [7, 11) is 0. The van der Waals surface area contributed by atoms with Crippen LogP contribution in [-0.2, 0) is 11.3 Å². The van der Waals surface area contributed by atoms with Crippen LogP contribution >= 0.6 is 11.3 Å². The van der Waals surface area contributed by atoms with Gasteiger partial charge in [0.05, 0.1) is 4.53 Å². The van der Waals surface area contributed by atoms with Gasteiger partial charge < -0.3 is 10.4 Å². The van der Waals surface area contributed by atoms with Crippen molar-refractivity contribution in [1.29, 1.82) is 5.26 Å². The lowest BCUT2D eigenvalue weighted by molar-refractivity contribution is -0.115. The number of amides is 1. The lowest BCUT2D eigenvalue weighted by Crippen LogP contribution is -2.34. The number of nitrogens with one attached hydrogen (secondary N) is 1. The van der Waals surface area contributed by atoms with Crippen molar-refractivity contribution in [3.63, 3.8) is 0 Å². The Kier molecular flexibility index (Phi) is 5.55. The number of thiazole rings is 1. The predicted octanol–water partition coefficient (Wildman–Crippen LogP) is 0.274. The number of carbonyl (C=O) groups excluding carboxylic acids is 1. The van der Waals surface area contributed by atoms with Gasteiger partial charge in [-0.15, -0.1) is 11.3 Å². The largest absolute Gasteiger partial charge is 0.508 e. The minimum absolute atomic E-state index is 0.0637. The van der Waals surface area contributed by atoms with E-state index in [1.54, 1.807) is 32.1 Å². The predicted molar refractivity (Wildman–Crippen MR) is 92.9 cm³/mol. The molecule has 2 N–H and O–H groups in total. The molecule has 124 valence electrons. The first kappa shape index (κ1) is 17.5. The van der Waals surface area contributed by atoms with Gasteiger partial charge in [0, 0.05) is 13.1 Å². The van der Waals surface area contributed by atoms with Crippen LogP contribution in [-0.4, -0.2) is 22.1 Å². The summed E-state index contributed by atoms with van der Waals surface area (Å²) in [6.45, 7) is 4.31. The molecule has 0 unspecified atom stereocenters. The fraction of sp³-hybridized carbons (Fsp3) is 0.235. The number of nitriles is 1. The number of hydrogen-bond donors (Lipinski definition) is 2. The number of phenols is 1. The first-order valence-electron chi connectivity index (χ1n) is 7.44. The van der Waals surface area contributed by atoms with Gasteiger partial charge in [0.2, 0.25) is 0 Å². The highest BCUT2D eigenvalue weighted by Crippen LogP contribution is 2.09. The molecule has 0 aliphatic rings. The third-order valence-corrected chi connectivity index (χ3v) is 4.44. The molecule has 1 aromatic heterocycles. The molecule has 1 amide bonds. The first-order chi connectivity index (χ1) is 11.5. The highest BCUT2D eigenvalue weighted by molar-refractivity contribution is 7.07. The molecule has 7 heteroatoms. The van der Waals surface area contributed by atoms with E-state index in [0.717, 1.165) is 16.9 Å². The standard InChI is InChI=1S/C17H17N3O3S/c1-3-19-15(22)13(10-18)17-20(4-2)16(23)14(24-17)9-11-5-7-12(21)8-6-11/h5-9,21H,3-4H2,1-2H3,(H,19,22)/b14-9?,17-13-. The van der Waals surface area contributed by atoms with E-state index in [4.69, 9.17) is 0 Å². The molecule has 1 heterocycles. The number of phenolic OH excluding ortho intramolecular Hbond substituents is 1. The van der Waals surface area contributed by atoms with E-state index in [9.17, 15) is 20.0 Å². The Morgan fingerprint density at radius 3 is 2.58 bits per heavy atom. The van der Waals surface area contributed by atoms with Gasteiger partial charge in [-0.25, -0.2) is 0 Å². The topological polar surface area (TPSA) is 95.1 Å². The van der Waals surface area contributed by atoms with Crippen LogP contribution in [0.25, 0.3) is 11.6 Å². The second-order valence-corrected chi connectivity index (χ2v) is 5.93. The quantitative estimate of drug-likeness (QED) is 0.833. The van der Waals surface area contributed by atoms with E-state index in [0.29, 0.717) is 22.3 Å². The average molecular weight is 343 g/mol. The summed E-state index contributed by atoms with van der Waals surface area (Å²) in [6, 6.07) is 8.32. The van der Waals surface area contributed by atoms with Gasteiger partial charge in [-0.05, 0) is 37.6 Å². The van der Waals surface area contributed by atoms with Gasteiger partial charge >= 0.3 is 0 Å². The van der Waals surface area contributed by atoms with E-state index in [1.807, 2.05) is 6.07 Å². The zero-order chi connectivity index (χ0) is 17.7. The fourth-order valence-corrected chi connectivity index (χ4v) is 3.32. The SMILES string of the molecule is CCNC(=O)/C(C#N)=c1\sc(=Cc2ccc(O)cc2)c(=O)n1CC. The Morgan fingerprint density at radius 1 is 1.38 bits per heavy atom. The van der Waals surface area contributed by atoms with Gasteiger partial charge in [0.15, 0.2) is 5.57 Å². The normalized spacial score (nSPS) is 12.6. The smallest absolute Gasteiger partial charge is 0.269 e. The zero-order valence-electron chi connectivity index (χ0n) is 13.4. The molecule has 0 bridgehead atoms. The summed E-state index contributed by atoms with van der Waals surface area (Å²) < 4.78 is 2.20. The summed E-state index contributed by atoms with van der Waals surface area (Å²) >= 11 is 1.11. The molecular formula is C17H17N3O3S. The molecule has 2 rings (SSSR count). The molecule has 2 aromatic rings. The summed E-state index contributed by atoms with van der Waals surface area (Å²) in [4.78, 5) is 24.6. The second-order valence-electron chi connectivity index (χ2n) is 4.90. The van der Waals surface area contributed by atoms with Gasteiger partial charge in [0.1, 0.15) is 16.5 Å². The Bertz CT molecular complexity index is 962. The third-order valence-electron chi connectivity index (χ3n) is 3.30. The van der Waals surface area contributed by atoms with Crippen molar-refractivity contribution in [3.05, 3.63) is 49.4 Å². The average Bonchev–Trinajstić information content (AvgIpc) is 2.86. The molecule has 0 radical (unpaired) electrons. The fourth-order valence-electron chi connectivity index (χ4n) is 2.16.